The van der Waals surface area contributed by atoms with Crippen LogP contribution in [0.15, 0.2) is 30.3 Å². The minimum absolute atomic E-state index is 0.0858. The molecular formula is C19H26N2O. The first kappa shape index (κ1) is 14.3. The fraction of sp³-hybridized carbons (Fsp3) is 0.632. The summed E-state index contributed by atoms with van der Waals surface area (Å²) < 4.78 is 0. The van der Waals surface area contributed by atoms with E-state index in [2.05, 4.69) is 40.5 Å². The van der Waals surface area contributed by atoms with Crippen LogP contribution in [-0.2, 0) is 4.79 Å². The Hall–Kier alpha value is -1.35. The molecule has 22 heavy (non-hydrogen) atoms. The Kier molecular flexibility index (Phi) is 3.91. The summed E-state index contributed by atoms with van der Waals surface area (Å²) >= 11 is 0. The molecule has 2 aliphatic heterocycles. The second-order valence-electron chi connectivity index (χ2n) is 7.29. The Bertz CT molecular complexity index is 515. The number of fused-ring (bicyclic) bond motifs is 1. The van der Waals surface area contributed by atoms with Gasteiger partial charge >= 0.3 is 0 Å². The molecule has 1 saturated carbocycles. The lowest BCUT2D eigenvalue weighted by atomic mass is 9.85. The van der Waals surface area contributed by atoms with Crippen molar-refractivity contribution in [1.29, 1.82) is 0 Å². The van der Waals surface area contributed by atoms with Gasteiger partial charge in [0, 0.05) is 25.0 Å². The lowest BCUT2D eigenvalue weighted by Gasteiger charge is -2.24. The summed E-state index contributed by atoms with van der Waals surface area (Å²) in [5, 5.41) is 3.63. The van der Waals surface area contributed by atoms with E-state index in [1.807, 2.05) is 0 Å². The van der Waals surface area contributed by atoms with Gasteiger partial charge in [0.1, 0.15) is 0 Å². The van der Waals surface area contributed by atoms with Gasteiger partial charge in [0.15, 0.2) is 0 Å². The quantitative estimate of drug-likeness (QED) is 0.910. The van der Waals surface area contributed by atoms with E-state index in [1.165, 1.54) is 31.2 Å². The van der Waals surface area contributed by atoms with Crippen LogP contribution in [0.4, 0.5) is 0 Å². The van der Waals surface area contributed by atoms with Gasteiger partial charge < -0.3 is 10.2 Å². The van der Waals surface area contributed by atoms with E-state index in [4.69, 9.17) is 0 Å². The Labute approximate surface area is 133 Å². The van der Waals surface area contributed by atoms with Gasteiger partial charge in [0.25, 0.3) is 0 Å². The number of benzene rings is 1. The summed E-state index contributed by atoms with van der Waals surface area (Å²) in [6.45, 7) is 1.82. The minimum Gasteiger partial charge on any atom is -0.341 e. The molecule has 3 nitrogen and oxygen atoms in total. The maximum atomic E-state index is 12.8. The van der Waals surface area contributed by atoms with Gasteiger partial charge in [-0.15, -0.1) is 0 Å². The molecule has 0 spiro atoms. The molecule has 1 aliphatic carbocycles. The van der Waals surface area contributed by atoms with Crippen molar-refractivity contribution in [2.45, 2.75) is 56.5 Å². The van der Waals surface area contributed by atoms with Crippen LogP contribution in [-0.4, -0.2) is 36.0 Å². The van der Waals surface area contributed by atoms with E-state index in [0.29, 0.717) is 17.9 Å². The van der Waals surface area contributed by atoms with Crippen molar-refractivity contribution in [2.75, 3.05) is 13.1 Å². The topological polar surface area (TPSA) is 32.3 Å². The van der Waals surface area contributed by atoms with Gasteiger partial charge in [0.05, 0.1) is 6.04 Å². The SMILES string of the molecule is O=C(C1CC2CCCCC2N1)N1CCC(c2ccccc2)C1. The van der Waals surface area contributed by atoms with Crippen LogP contribution in [0, 0.1) is 5.92 Å². The Morgan fingerprint density at radius 2 is 1.91 bits per heavy atom. The molecule has 4 unspecified atom stereocenters. The first-order valence-corrected chi connectivity index (χ1v) is 8.91. The zero-order valence-electron chi connectivity index (χ0n) is 13.2. The average molecular weight is 298 g/mol. The third kappa shape index (κ3) is 2.67. The van der Waals surface area contributed by atoms with Crippen molar-refractivity contribution in [3.8, 4) is 0 Å². The highest BCUT2D eigenvalue weighted by Gasteiger charge is 2.41. The summed E-state index contributed by atoms with van der Waals surface area (Å²) in [5.41, 5.74) is 1.38. The smallest absolute Gasteiger partial charge is 0.239 e. The van der Waals surface area contributed by atoms with Crippen LogP contribution in [0.2, 0.25) is 0 Å². The zero-order valence-corrected chi connectivity index (χ0v) is 13.2. The number of carbonyl (C=O) groups excluding carboxylic acids is 1. The molecule has 3 fully saturated rings. The van der Waals surface area contributed by atoms with E-state index in [-0.39, 0.29) is 6.04 Å². The maximum Gasteiger partial charge on any atom is 0.239 e. The van der Waals surface area contributed by atoms with Gasteiger partial charge in [-0.25, -0.2) is 0 Å². The van der Waals surface area contributed by atoms with Crippen molar-refractivity contribution in [1.82, 2.24) is 10.2 Å². The van der Waals surface area contributed by atoms with E-state index >= 15 is 0 Å². The van der Waals surface area contributed by atoms with Crippen LogP contribution >= 0.6 is 0 Å². The number of nitrogens with zero attached hydrogens (tertiary/aromatic N) is 1. The molecule has 4 atom stereocenters. The third-order valence-electron chi connectivity index (χ3n) is 5.93. The van der Waals surface area contributed by atoms with Crippen molar-refractivity contribution in [3.63, 3.8) is 0 Å². The van der Waals surface area contributed by atoms with E-state index < -0.39 is 0 Å². The van der Waals surface area contributed by atoms with Crippen LogP contribution in [0.3, 0.4) is 0 Å². The first-order chi connectivity index (χ1) is 10.8. The number of nitrogens with one attached hydrogen (secondary N) is 1. The maximum absolute atomic E-state index is 12.8. The lowest BCUT2D eigenvalue weighted by molar-refractivity contribution is -0.132. The Balaban J connectivity index is 1.38. The van der Waals surface area contributed by atoms with Crippen LogP contribution in [0.1, 0.15) is 50.0 Å². The molecule has 2 saturated heterocycles. The molecule has 0 aromatic heterocycles. The number of carbonyl (C=O) groups is 1. The number of likely N-dealkylation sites (tertiary alicyclic amines) is 1. The summed E-state index contributed by atoms with van der Waals surface area (Å²) in [5.74, 6) is 1.62. The van der Waals surface area contributed by atoms with Crippen molar-refractivity contribution < 1.29 is 4.79 Å². The van der Waals surface area contributed by atoms with Crippen molar-refractivity contribution in [2.24, 2.45) is 5.92 Å². The second-order valence-corrected chi connectivity index (χ2v) is 7.29. The molecular weight excluding hydrogens is 272 g/mol. The number of amides is 1. The molecule has 0 bridgehead atoms. The van der Waals surface area contributed by atoms with E-state index in [9.17, 15) is 4.79 Å². The summed E-state index contributed by atoms with van der Waals surface area (Å²) in [7, 11) is 0. The summed E-state index contributed by atoms with van der Waals surface area (Å²) in [6.07, 6.45) is 7.43. The van der Waals surface area contributed by atoms with Crippen LogP contribution in [0.25, 0.3) is 0 Å². The average Bonchev–Trinajstić information content (AvgIpc) is 3.22. The van der Waals surface area contributed by atoms with Crippen molar-refractivity contribution in [3.05, 3.63) is 35.9 Å². The second kappa shape index (κ2) is 6.04. The molecule has 1 aromatic rings. The van der Waals surface area contributed by atoms with Crippen molar-refractivity contribution >= 4 is 5.91 Å². The van der Waals surface area contributed by atoms with Crippen LogP contribution < -0.4 is 5.32 Å². The highest BCUT2D eigenvalue weighted by Crippen LogP contribution is 2.35. The van der Waals surface area contributed by atoms with Gasteiger partial charge in [0.2, 0.25) is 5.91 Å². The number of rotatable bonds is 2. The van der Waals surface area contributed by atoms with E-state index in [1.54, 1.807) is 0 Å². The number of hydrogen-bond acceptors (Lipinski definition) is 2. The van der Waals surface area contributed by atoms with E-state index in [0.717, 1.165) is 31.8 Å². The predicted octanol–water partition coefficient (Wildman–Crippen LogP) is 2.92. The lowest BCUT2D eigenvalue weighted by Crippen LogP contribution is -2.44. The van der Waals surface area contributed by atoms with Gasteiger partial charge in [-0.3, -0.25) is 4.79 Å². The summed E-state index contributed by atoms with van der Waals surface area (Å²) in [4.78, 5) is 14.9. The molecule has 3 heteroatoms. The fourth-order valence-electron chi connectivity index (χ4n) is 4.69. The molecule has 4 rings (SSSR count). The Morgan fingerprint density at radius 3 is 2.73 bits per heavy atom. The first-order valence-electron chi connectivity index (χ1n) is 8.91. The largest absolute Gasteiger partial charge is 0.341 e. The van der Waals surface area contributed by atoms with Gasteiger partial charge in [-0.2, -0.15) is 0 Å². The zero-order chi connectivity index (χ0) is 14.9. The van der Waals surface area contributed by atoms with Gasteiger partial charge in [-0.05, 0) is 37.2 Å². The van der Waals surface area contributed by atoms with Gasteiger partial charge in [-0.1, -0.05) is 43.2 Å². The predicted molar refractivity (Wildman–Crippen MR) is 87.7 cm³/mol. The molecule has 3 aliphatic rings. The molecule has 1 N–H and O–H groups in total. The molecule has 2 heterocycles. The summed E-state index contributed by atoms with van der Waals surface area (Å²) in [6, 6.07) is 11.3. The third-order valence-corrected chi connectivity index (χ3v) is 5.93. The molecule has 0 radical (unpaired) electrons. The monoisotopic (exact) mass is 298 g/mol. The highest BCUT2D eigenvalue weighted by atomic mass is 16.2. The Morgan fingerprint density at radius 1 is 1.09 bits per heavy atom. The highest BCUT2D eigenvalue weighted by molar-refractivity contribution is 5.82. The standard InChI is InChI=1S/C19H26N2O/c22-19(18-12-15-8-4-5-9-17(15)20-18)21-11-10-16(13-21)14-6-2-1-3-7-14/h1-3,6-7,15-18,20H,4-5,8-13H2. The minimum atomic E-state index is 0.0858. The number of hydrogen-bond donors (Lipinski definition) is 1. The molecule has 1 amide bonds. The fourth-order valence-corrected chi connectivity index (χ4v) is 4.69. The molecule has 1 aromatic carbocycles. The normalized spacial score (nSPS) is 34.6. The molecule has 118 valence electrons. The van der Waals surface area contributed by atoms with Crippen LogP contribution in [0.5, 0.6) is 0 Å².